The number of nitrogens with zero attached hydrogens (tertiary/aromatic N) is 2. The third kappa shape index (κ3) is 2.27. The van der Waals surface area contributed by atoms with Crippen LogP contribution in [0.4, 0.5) is 11.4 Å². The number of aliphatic hydroxyl groups excluding tert-OH is 1. The number of pyridine rings is 1. The summed E-state index contributed by atoms with van der Waals surface area (Å²) in [6, 6.07) is 1.96. The predicted octanol–water partition coefficient (Wildman–Crippen LogP) is 1.26. The van der Waals surface area contributed by atoms with E-state index in [1.54, 1.807) is 12.4 Å². The van der Waals surface area contributed by atoms with Gasteiger partial charge in [0.25, 0.3) is 0 Å². The van der Waals surface area contributed by atoms with E-state index in [0.29, 0.717) is 5.92 Å². The van der Waals surface area contributed by atoms with Crippen LogP contribution in [0.5, 0.6) is 0 Å². The van der Waals surface area contributed by atoms with Gasteiger partial charge in [-0.25, -0.2) is 0 Å². The van der Waals surface area contributed by atoms with Crippen LogP contribution in [0, 0.1) is 5.92 Å². The van der Waals surface area contributed by atoms with Crippen molar-refractivity contribution in [2.45, 2.75) is 25.9 Å². The Bertz CT molecular complexity index is 346. The Balaban J connectivity index is 2.02. The van der Waals surface area contributed by atoms with Crippen molar-refractivity contribution in [2.24, 2.45) is 5.92 Å². The van der Waals surface area contributed by atoms with E-state index in [4.69, 9.17) is 5.73 Å². The Labute approximate surface area is 96.1 Å². The number of nitrogens with two attached hydrogens (primary N) is 1. The van der Waals surface area contributed by atoms with E-state index in [0.717, 1.165) is 37.3 Å². The highest BCUT2D eigenvalue weighted by molar-refractivity contribution is 5.66. The second-order valence-corrected chi connectivity index (χ2v) is 4.50. The first kappa shape index (κ1) is 11.2. The van der Waals surface area contributed by atoms with Crippen LogP contribution in [-0.2, 0) is 0 Å². The molecule has 1 aliphatic heterocycles. The highest BCUT2D eigenvalue weighted by Gasteiger charge is 2.23. The fourth-order valence-electron chi connectivity index (χ4n) is 2.31. The van der Waals surface area contributed by atoms with Gasteiger partial charge in [0, 0.05) is 19.3 Å². The van der Waals surface area contributed by atoms with Gasteiger partial charge < -0.3 is 15.7 Å². The van der Waals surface area contributed by atoms with Gasteiger partial charge in [-0.2, -0.15) is 0 Å². The monoisotopic (exact) mass is 221 g/mol. The first-order chi connectivity index (χ1) is 7.68. The Kier molecular flexibility index (Phi) is 3.29. The Morgan fingerprint density at radius 2 is 2.19 bits per heavy atom. The van der Waals surface area contributed by atoms with Crippen LogP contribution in [0.2, 0.25) is 0 Å². The zero-order valence-electron chi connectivity index (χ0n) is 9.63. The minimum absolute atomic E-state index is 0.197. The van der Waals surface area contributed by atoms with Crippen LogP contribution in [-0.4, -0.2) is 29.3 Å². The van der Waals surface area contributed by atoms with Crippen LogP contribution >= 0.6 is 0 Å². The largest absolute Gasteiger partial charge is 0.396 e. The predicted molar refractivity (Wildman–Crippen MR) is 65.3 cm³/mol. The summed E-state index contributed by atoms with van der Waals surface area (Å²) in [6.07, 6.45) is 5.32. The molecule has 4 nitrogen and oxygen atoms in total. The number of piperidine rings is 1. The van der Waals surface area contributed by atoms with Crippen LogP contribution in [0.3, 0.4) is 0 Å². The highest BCUT2D eigenvalue weighted by Crippen LogP contribution is 2.28. The third-order valence-corrected chi connectivity index (χ3v) is 3.39. The van der Waals surface area contributed by atoms with Gasteiger partial charge in [-0.15, -0.1) is 0 Å². The number of aromatic nitrogens is 1. The molecule has 1 saturated heterocycles. The summed E-state index contributed by atoms with van der Waals surface area (Å²) in [6.45, 7) is 3.80. The van der Waals surface area contributed by atoms with Crippen LogP contribution in [0.1, 0.15) is 19.8 Å². The fourth-order valence-corrected chi connectivity index (χ4v) is 2.31. The standard InChI is InChI=1S/C12H19N3O/c1-9(16)10-3-6-15(7-4-10)12-2-5-14-8-11(12)13/h2,5,8-10,16H,3-4,6-7,13H2,1H3. The molecule has 0 radical (unpaired) electrons. The summed E-state index contributed by atoms with van der Waals surface area (Å²) in [4.78, 5) is 6.26. The molecule has 16 heavy (non-hydrogen) atoms. The first-order valence-electron chi connectivity index (χ1n) is 5.81. The van der Waals surface area contributed by atoms with Crippen molar-refractivity contribution in [1.29, 1.82) is 0 Å². The highest BCUT2D eigenvalue weighted by atomic mass is 16.3. The van der Waals surface area contributed by atoms with Crippen molar-refractivity contribution in [3.8, 4) is 0 Å². The van der Waals surface area contributed by atoms with E-state index in [2.05, 4.69) is 9.88 Å². The molecule has 0 amide bonds. The minimum Gasteiger partial charge on any atom is -0.396 e. The van der Waals surface area contributed by atoms with E-state index < -0.39 is 0 Å². The molecule has 1 aromatic rings. The summed E-state index contributed by atoms with van der Waals surface area (Å²) in [5.74, 6) is 0.430. The number of aliphatic hydroxyl groups is 1. The molecular formula is C12H19N3O. The summed E-state index contributed by atoms with van der Waals surface area (Å²) >= 11 is 0. The van der Waals surface area contributed by atoms with Crippen molar-refractivity contribution in [2.75, 3.05) is 23.7 Å². The van der Waals surface area contributed by atoms with E-state index in [1.165, 1.54) is 0 Å². The third-order valence-electron chi connectivity index (χ3n) is 3.39. The molecular weight excluding hydrogens is 202 g/mol. The van der Waals surface area contributed by atoms with Gasteiger partial charge in [0.2, 0.25) is 0 Å². The lowest BCUT2D eigenvalue weighted by Gasteiger charge is -2.35. The average Bonchev–Trinajstić information content (AvgIpc) is 2.30. The number of nitrogen functional groups attached to an aromatic ring is 1. The normalized spacial score (nSPS) is 19.8. The molecule has 1 fully saturated rings. The molecule has 0 bridgehead atoms. The molecule has 88 valence electrons. The molecule has 1 unspecified atom stereocenters. The van der Waals surface area contributed by atoms with Gasteiger partial charge in [-0.1, -0.05) is 0 Å². The fraction of sp³-hybridized carbons (Fsp3) is 0.583. The van der Waals surface area contributed by atoms with Crippen LogP contribution < -0.4 is 10.6 Å². The van der Waals surface area contributed by atoms with Crippen LogP contribution in [0.15, 0.2) is 18.5 Å². The number of anilines is 2. The van der Waals surface area contributed by atoms with Gasteiger partial charge in [0.15, 0.2) is 0 Å². The maximum atomic E-state index is 9.54. The molecule has 0 spiro atoms. The minimum atomic E-state index is -0.197. The van der Waals surface area contributed by atoms with Gasteiger partial charge in [0.1, 0.15) is 0 Å². The van der Waals surface area contributed by atoms with E-state index in [9.17, 15) is 5.11 Å². The van der Waals surface area contributed by atoms with Crippen molar-refractivity contribution in [3.05, 3.63) is 18.5 Å². The lowest BCUT2D eigenvalue weighted by atomic mass is 9.92. The smallest absolute Gasteiger partial charge is 0.0738 e. The number of hydrogen-bond acceptors (Lipinski definition) is 4. The SMILES string of the molecule is CC(O)C1CCN(c2ccncc2N)CC1. The number of hydrogen-bond donors (Lipinski definition) is 2. The molecule has 1 aliphatic rings. The van der Waals surface area contributed by atoms with Crippen molar-refractivity contribution < 1.29 is 5.11 Å². The zero-order chi connectivity index (χ0) is 11.5. The second-order valence-electron chi connectivity index (χ2n) is 4.50. The molecule has 3 N–H and O–H groups in total. The molecule has 1 aromatic heterocycles. The van der Waals surface area contributed by atoms with E-state index in [1.807, 2.05) is 13.0 Å². The topological polar surface area (TPSA) is 62.4 Å². The second kappa shape index (κ2) is 4.70. The Morgan fingerprint density at radius 1 is 1.50 bits per heavy atom. The molecule has 2 heterocycles. The molecule has 4 heteroatoms. The molecule has 0 aromatic carbocycles. The maximum Gasteiger partial charge on any atom is 0.0738 e. The Hall–Kier alpha value is -1.29. The van der Waals surface area contributed by atoms with Crippen molar-refractivity contribution >= 4 is 11.4 Å². The number of rotatable bonds is 2. The van der Waals surface area contributed by atoms with Crippen molar-refractivity contribution in [1.82, 2.24) is 4.98 Å². The lowest BCUT2D eigenvalue weighted by molar-refractivity contribution is 0.110. The van der Waals surface area contributed by atoms with Gasteiger partial charge in [-0.3, -0.25) is 4.98 Å². The summed E-state index contributed by atoms with van der Waals surface area (Å²) in [5, 5.41) is 9.54. The zero-order valence-corrected chi connectivity index (χ0v) is 9.63. The summed E-state index contributed by atoms with van der Waals surface area (Å²) < 4.78 is 0. The summed E-state index contributed by atoms with van der Waals surface area (Å²) in [5.41, 5.74) is 7.70. The van der Waals surface area contributed by atoms with Crippen molar-refractivity contribution in [3.63, 3.8) is 0 Å². The average molecular weight is 221 g/mol. The summed E-state index contributed by atoms with van der Waals surface area (Å²) in [7, 11) is 0. The molecule has 2 rings (SSSR count). The maximum absolute atomic E-state index is 9.54. The Morgan fingerprint density at radius 3 is 2.75 bits per heavy atom. The quantitative estimate of drug-likeness (QED) is 0.789. The molecule has 0 saturated carbocycles. The van der Waals surface area contributed by atoms with E-state index >= 15 is 0 Å². The van der Waals surface area contributed by atoms with E-state index in [-0.39, 0.29) is 6.10 Å². The van der Waals surface area contributed by atoms with Gasteiger partial charge in [0.05, 0.1) is 23.7 Å². The van der Waals surface area contributed by atoms with Gasteiger partial charge in [-0.05, 0) is 31.7 Å². The molecule has 0 aliphatic carbocycles. The molecule has 1 atom stereocenters. The van der Waals surface area contributed by atoms with Crippen LogP contribution in [0.25, 0.3) is 0 Å². The first-order valence-corrected chi connectivity index (χ1v) is 5.81. The lowest BCUT2D eigenvalue weighted by Crippen LogP contribution is -2.37. The van der Waals surface area contributed by atoms with Gasteiger partial charge >= 0.3 is 0 Å².